The van der Waals surface area contributed by atoms with E-state index >= 15 is 0 Å². The molecule has 167 valence electrons. The van der Waals surface area contributed by atoms with Crippen LogP contribution < -0.4 is 4.90 Å². The van der Waals surface area contributed by atoms with Crippen LogP contribution in [0.1, 0.15) is 66.5 Å². The average molecular weight is 591 g/mol. The van der Waals surface area contributed by atoms with Crippen LogP contribution in [0.5, 0.6) is 0 Å². The third-order valence-corrected chi connectivity index (χ3v) is 9.17. The molecule has 0 aromatic heterocycles. The second kappa shape index (κ2) is 6.49. The van der Waals surface area contributed by atoms with Gasteiger partial charge in [0.25, 0.3) is 0 Å². The summed E-state index contributed by atoms with van der Waals surface area (Å²) in [5.41, 5.74) is 9.76. The van der Waals surface area contributed by atoms with E-state index in [9.17, 15) is 0 Å². The number of rotatable bonds is 1. The molecule has 0 fully saturated rings. The van der Waals surface area contributed by atoms with Crippen molar-refractivity contribution in [2.24, 2.45) is 16.2 Å². The van der Waals surface area contributed by atoms with Crippen molar-refractivity contribution in [1.29, 1.82) is 0 Å². The number of hydrogen-bond acceptors (Lipinski definition) is 2. The monoisotopic (exact) mass is 591 g/mol. The second-order valence-corrected chi connectivity index (χ2v) is 11.5. The van der Waals surface area contributed by atoms with E-state index in [1.165, 1.54) is 33.6 Å². The largest absolute Gasteiger partial charge is 0.507 e. The average Bonchev–Trinajstić information content (AvgIpc) is 3.18. The van der Waals surface area contributed by atoms with Gasteiger partial charge in [0.05, 0.1) is 0 Å². The van der Waals surface area contributed by atoms with Crippen molar-refractivity contribution in [3.05, 3.63) is 71.7 Å². The Morgan fingerprint density at radius 3 is 2.10 bits per heavy atom. The molecule has 2 aromatic carbocycles. The fourth-order valence-corrected chi connectivity index (χ4v) is 6.23. The van der Waals surface area contributed by atoms with Gasteiger partial charge in [-0.1, -0.05) is 85.2 Å². The van der Waals surface area contributed by atoms with E-state index in [-0.39, 0.29) is 41.8 Å². The van der Waals surface area contributed by atoms with E-state index < -0.39 is 0 Å². The van der Waals surface area contributed by atoms with Crippen LogP contribution in [0.2, 0.25) is 0 Å². The SMILES string of the molecule is CN1[CH-]N(c2[c-]cc3c(c2)C(C)(C)c2ccccc2-3)C2=C1C(C)(C)C(C)(C)C2(C)C.[Ir]. The van der Waals surface area contributed by atoms with Gasteiger partial charge in [0.2, 0.25) is 0 Å². The summed E-state index contributed by atoms with van der Waals surface area (Å²) in [7, 11) is 2.20. The van der Waals surface area contributed by atoms with Gasteiger partial charge in [-0.3, -0.25) is 0 Å². The number of hydrogen-bond donors (Lipinski definition) is 0. The molecule has 2 nitrogen and oxygen atoms in total. The summed E-state index contributed by atoms with van der Waals surface area (Å²) in [5.74, 6) is 0. The summed E-state index contributed by atoms with van der Waals surface area (Å²) >= 11 is 0. The Kier molecular flexibility index (Phi) is 4.73. The van der Waals surface area contributed by atoms with E-state index in [4.69, 9.17) is 0 Å². The first kappa shape index (κ1) is 22.6. The molecule has 2 aliphatic carbocycles. The first-order valence-corrected chi connectivity index (χ1v) is 11.1. The zero-order valence-corrected chi connectivity index (χ0v) is 22.7. The fraction of sp³-hybridized carbons (Fsp3) is 0.464. The normalized spacial score (nSPS) is 23.4. The number of benzene rings is 2. The van der Waals surface area contributed by atoms with Gasteiger partial charge in [-0.15, -0.1) is 22.9 Å². The smallest absolute Gasteiger partial charge is 0.0119 e. The van der Waals surface area contributed by atoms with E-state index in [1.54, 1.807) is 0 Å². The van der Waals surface area contributed by atoms with Crippen LogP contribution in [0.3, 0.4) is 0 Å². The Hall–Kier alpha value is -1.57. The van der Waals surface area contributed by atoms with Crippen LogP contribution in [0, 0.1) is 29.0 Å². The molecular formula is C28H34IrN2-2. The van der Waals surface area contributed by atoms with E-state index in [1.807, 2.05) is 0 Å². The van der Waals surface area contributed by atoms with Gasteiger partial charge >= 0.3 is 0 Å². The molecular weight excluding hydrogens is 557 g/mol. The van der Waals surface area contributed by atoms with Gasteiger partial charge in [0, 0.05) is 42.3 Å². The molecule has 1 radical (unpaired) electrons. The number of allylic oxidation sites excluding steroid dienone is 2. The minimum atomic E-state index is 0. The van der Waals surface area contributed by atoms with Gasteiger partial charge in [0.15, 0.2) is 0 Å². The summed E-state index contributed by atoms with van der Waals surface area (Å²) < 4.78 is 0. The zero-order chi connectivity index (χ0) is 21.9. The van der Waals surface area contributed by atoms with Gasteiger partial charge in [-0.2, -0.15) is 18.8 Å². The molecule has 31 heavy (non-hydrogen) atoms. The molecule has 1 aliphatic heterocycles. The molecule has 2 aromatic rings. The van der Waals surface area contributed by atoms with Crippen molar-refractivity contribution in [1.82, 2.24) is 4.90 Å². The summed E-state index contributed by atoms with van der Waals surface area (Å²) in [4.78, 5) is 4.75. The standard InChI is InChI=1S/C28H34N2.Ir/c1-25(2)21-13-11-10-12-19(21)20-15-14-18(16-22(20)25)30-17-29(9)23-24(30)27(5,6)28(7,8)26(23,3)4;/h10-13,15-17H,1-9H3;/q-2;. The Morgan fingerprint density at radius 1 is 0.806 bits per heavy atom. The second-order valence-electron chi connectivity index (χ2n) is 11.5. The summed E-state index contributed by atoms with van der Waals surface area (Å²) in [6.45, 7) is 21.4. The van der Waals surface area contributed by atoms with Crippen molar-refractivity contribution in [3.8, 4) is 11.1 Å². The zero-order valence-electron chi connectivity index (χ0n) is 20.3. The first-order valence-electron chi connectivity index (χ1n) is 11.1. The molecule has 0 bridgehead atoms. The number of anilines is 1. The van der Waals surface area contributed by atoms with Crippen LogP contribution in [0.15, 0.2) is 47.8 Å². The maximum Gasteiger partial charge on any atom is 0.0119 e. The molecule has 3 aliphatic rings. The molecule has 0 saturated heterocycles. The van der Waals surface area contributed by atoms with Crippen molar-refractivity contribution in [2.75, 3.05) is 11.9 Å². The summed E-state index contributed by atoms with van der Waals surface area (Å²) in [5, 5.41) is 0. The predicted molar refractivity (Wildman–Crippen MR) is 126 cm³/mol. The van der Waals surface area contributed by atoms with Crippen molar-refractivity contribution < 1.29 is 20.1 Å². The van der Waals surface area contributed by atoms with Gasteiger partial charge < -0.3 is 9.80 Å². The van der Waals surface area contributed by atoms with E-state index in [0.717, 1.165) is 5.69 Å². The number of fused-ring (bicyclic) bond motifs is 3. The molecule has 0 saturated carbocycles. The Balaban J connectivity index is 0.00000231. The van der Waals surface area contributed by atoms with Crippen LogP contribution >= 0.6 is 0 Å². The molecule has 0 amide bonds. The molecule has 5 rings (SSSR count). The van der Waals surface area contributed by atoms with Crippen LogP contribution in [0.4, 0.5) is 5.69 Å². The fourth-order valence-electron chi connectivity index (χ4n) is 6.23. The number of nitrogens with zero attached hydrogens (tertiary/aromatic N) is 2. The molecule has 0 atom stereocenters. The van der Waals surface area contributed by atoms with Crippen molar-refractivity contribution in [2.45, 2.75) is 60.8 Å². The van der Waals surface area contributed by atoms with Gasteiger partial charge in [-0.05, 0) is 23.4 Å². The summed E-state index contributed by atoms with van der Waals surface area (Å²) in [6.07, 6.45) is 0. The molecule has 0 spiro atoms. The molecule has 0 N–H and O–H groups in total. The van der Waals surface area contributed by atoms with Crippen LogP contribution in [-0.4, -0.2) is 11.9 Å². The molecule has 3 heteroatoms. The topological polar surface area (TPSA) is 6.48 Å². The van der Waals surface area contributed by atoms with Crippen LogP contribution in [0.25, 0.3) is 11.1 Å². The maximum atomic E-state index is 3.65. The Morgan fingerprint density at radius 2 is 1.42 bits per heavy atom. The first-order chi connectivity index (χ1) is 13.8. The predicted octanol–water partition coefficient (Wildman–Crippen LogP) is 6.97. The Labute approximate surface area is 202 Å². The van der Waals surface area contributed by atoms with Gasteiger partial charge in [0.1, 0.15) is 0 Å². The van der Waals surface area contributed by atoms with Gasteiger partial charge in [-0.25, -0.2) is 0 Å². The van der Waals surface area contributed by atoms with E-state index in [2.05, 4.69) is 121 Å². The molecule has 0 unspecified atom stereocenters. The van der Waals surface area contributed by atoms with Crippen LogP contribution in [-0.2, 0) is 25.5 Å². The quantitative estimate of drug-likeness (QED) is 0.331. The summed E-state index contributed by atoms with van der Waals surface area (Å²) in [6, 6.07) is 17.1. The maximum absolute atomic E-state index is 3.65. The minimum absolute atomic E-state index is 0. The third kappa shape index (κ3) is 2.54. The van der Waals surface area contributed by atoms with E-state index in [0.29, 0.717) is 0 Å². The minimum Gasteiger partial charge on any atom is -0.507 e. The van der Waals surface area contributed by atoms with Crippen molar-refractivity contribution >= 4 is 5.69 Å². The molecule has 1 heterocycles. The Bertz CT molecular complexity index is 1100. The van der Waals surface area contributed by atoms with Crippen molar-refractivity contribution in [3.63, 3.8) is 0 Å². The third-order valence-electron chi connectivity index (χ3n) is 9.17.